The van der Waals surface area contributed by atoms with Gasteiger partial charge < -0.3 is 10.2 Å². The van der Waals surface area contributed by atoms with Crippen molar-refractivity contribution in [2.24, 2.45) is 0 Å². The van der Waals surface area contributed by atoms with Crippen LogP contribution in [0.1, 0.15) is 18.4 Å². The Hall–Kier alpha value is -1.42. The zero-order valence-electron chi connectivity index (χ0n) is 10.6. The Morgan fingerprint density at radius 3 is 2.76 bits per heavy atom. The van der Waals surface area contributed by atoms with Crippen molar-refractivity contribution in [2.45, 2.75) is 19.3 Å². The SMILES string of the molecule is CNCCCN(C)C(=O)CCc1ccncc1. The summed E-state index contributed by atoms with van der Waals surface area (Å²) in [5.74, 6) is 0.206. The van der Waals surface area contributed by atoms with Crippen molar-refractivity contribution in [1.82, 2.24) is 15.2 Å². The highest BCUT2D eigenvalue weighted by Gasteiger charge is 2.07. The fourth-order valence-corrected chi connectivity index (χ4v) is 1.61. The van der Waals surface area contributed by atoms with Crippen molar-refractivity contribution < 1.29 is 4.79 Å². The van der Waals surface area contributed by atoms with Crippen LogP contribution in [0.2, 0.25) is 0 Å². The highest BCUT2D eigenvalue weighted by Crippen LogP contribution is 2.03. The second kappa shape index (κ2) is 7.79. The number of carbonyl (C=O) groups is 1. The summed E-state index contributed by atoms with van der Waals surface area (Å²) in [6.07, 6.45) is 5.87. The maximum absolute atomic E-state index is 11.8. The normalized spacial score (nSPS) is 10.2. The Morgan fingerprint density at radius 2 is 2.12 bits per heavy atom. The number of pyridine rings is 1. The van der Waals surface area contributed by atoms with Crippen molar-refractivity contribution in [2.75, 3.05) is 27.2 Å². The molecule has 1 aromatic heterocycles. The van der Waals surface area contributed by atoms with Gasteiger partial charge in [-0.3, -0.25) is 9.78 Å². The van der Waals surface area contributed by atoms with Crippen molar-refractivity contribution in [3.63, 3.8) is 0 Å². The molecule has 0 aliphatic rings. The number of rotatable bonds is 7. The first-order valence-electron chi connectivity index (χ1n) is 6.01. The van der Waals surface area contributed by atoms with E-state index in [9.17, 15) is 4.79 Å². The molecule has 0 aliphatic carbocycles. The summed E-state index contributed by atoms with van der Waals surface area (Å²) in [5.41, 5.74) is 1.16. The molecule has 0 aromatic carbocycles. The molecule has 4 nitrogen and oxygen atoms in total. The lowest BCUT2D eigenvalue weighted by molar-refractivity contribution is -0.129. The average molecular weight is 235 g/mol. The molecule has 0 spiro atoms. The van der Waals surface area contributed by atoms with Crippen LogP contribution in [-0.4, -0.2) is 43.0 Å². The second-order valence-electron chi connectivity index (χ2n) is 4.13. The molecule has 17 heavy (non-hydrogen) atoms. The molecular weight excluding hydrogens is 214 g/mol. The molecule has 0 radical (unpaired) electrons. The Bertz CT molecular complexity index is 327. The summed E-state index contributed by atoms with van der Waals surface area (Å²) < 4.78 is 0. The predicted molar refractivity (Wildman–Crippen MR) is 68.7 cm³/mol. The third-order valence-electron chi connectivity index (χ3n) is 2.72. The maximum Gasteiger partial charge on any atom is 0.222 e. The van der Waals surface area contributed by atoms with Crippen molar-refractivity contribution >= 4 is 5.91 Å². The molecule has 1 aromatic rings. The monoisotopic (exact) mass is 235 g/mol. The van der Waals surface area contributed by atoms with Gasteiger partial charge in [-0.05, 0) is 44.1 Å². The fourth-order valence-electron chi connectivity index (χ4n) is 1.61. The zero-order valence-corrected chi connectivity index (χ0v) is 10.6. The van der Waals surface area contributed by atoms with Crippen LogP contribution in [0, 0.1) is 0 Å². The highest BCUT2D eigenvalue weighted by molar-refractivity contribution is 5.76. The molecular formula is C13H21N3O. The standard InChI is InChI=1S/C13H21N3O/c1-14-8-3-11-16(2)13(17)5-4-12-6-9-15-10-7-12/h6-7,9-10,14H,3-5,8,11H2,1-2H3. The molecule has 1 N–H and O–H groups in total. The van der Waals surface area contributed by atoms with E-state index in [0.717, 1.165) is 31.5 Å². The van der Waals surface area contributed by atoms with Gasteiger partial charge in [-0.15, -0.1) is 0 Å². The van der Waals surface area contributed by atoms with Crippen LogP contribution >= 0.6 is 0 Å². The van der Waals surface area contributed by atoms with E-state index < -0.39 is 0 Å². The highest BCUT2D eigenvalue weighted by atomic mass is 16.2. The quantitative estimate of drug-likeness (QED) is 0.719. The third kappa shape index (κ3) is 5.45. The summed E-state index contributed by atoms with van der Waals surface area (Å²) >= 11 is 0. The first-order valence-corrected chi connectivity index (χ1v) is 6.01. The van der Waals surface area contributed by atoms with E-state index in [1.807, 2.05) is 26.2 Å². The Morgan fingerprint density at radius 1 is 1.41 bits per heavy atom. The number of hydrogen-bond acceptors (Lipinski definition) is 3. The number of aromatic nitrogens is 1. The molecule has 0 saturated carbocycles. The van der Waals surface area contributed by atoms with E-state index in [1.165, 1.54) is 0 Å². The molecule has 1 amide bonds. The zero-order chi connectivity index (χ0) is 12.5. The molecule has 0 atom stereocenters. The van der Waals surface area contributed by atoms with Crippen LogP contribution in [0.15, 0.2) is 24.5 Å². The van der Waals surface area contributed by atoms with Gasteiger partial charge in [-0.25, -0.2) is 0 Å². The first kappa shape index (κ1) is 13.6. The topological polar surface area (TPSA) is 45.2 Å². The Balaban J connectivity index is 2.24. The van der Waals surface area contributed by atoms with E-state index in [0.29, 0.717) is 6.42 Å². The van der Waals surface area contributed by atoms with Crippen molar-refractivity contribution in [3.8, 4) is 0 Å². The fraction of sp³-hybridized carbons (Fsp3) is 0.538. The molecule has 1 heterocycles. The third-order valence-corrected chi connectivity index (χ3v) is 2.72. The van der Waals surface area contributed by atoms with Gasteiger partial charge in [0.15, 0.2) is 0 Å². The minimum atomic E-state index is 0.206. The van der Waals surface area contributed by atoms with Crippen molar-refractivity contribution in [1.29, 1.82) is 0 Å². The molecule has 0 aliphatic heterocycles. The van der Waals surface area contributed by atoms with Gasteiger partial charge >= 0.3 is 0 Å². The first-order chi connectivity index (χ1) is 8.24. The molecule has 94 valence electrons. The molecule has 1 rings (SSSR count). The summed E-state index contributed by atoms with van der Waals surface area (Å²) in [7, 11) is 3.79. The summed E-state index contributed by atoms with van der Waals surface area (Å²) in [6.45, 7) is 1.76. The van der Waals surface area contributed by atoms with Gasteiger partial charge in [0, 0.05) is 32.4 Å². The van der Waals surface area contributed by atoms with Crippen LogP contribution in [0.4, 0.5) is 0 Å². The van der Waals surface area contributed by atoms with E-state index >= 15 is 0 Å². The van der Waals surface area contributed by atoms with Gasteiger partial charge in [0.2, 0.25) is 5.91 Å². The van der Waals surface area contributed by atoms with E-state index in [4.69, 9.17) is 0 Å². The van der Waals surface area contributed by atoms with Gasteiger partial charge in [0.1, 0.15) is 0 Å². The van der Waals surface area contributed by atoms with Crippen LogP contribution in [0.5, 0.6) is 0 Å². The van der Waals surface area contributed by atoms with Crippen LogP contribution in [0.25, 0.3) is 0 Å². The number of nitrogens with zero attached hydrogens (tertiary/aromatic N) is 2. The summed E-state index contributed by atoms with van der Waals surface area (Å²) in [4.78, 5) is 17.6. The lowest BCUT2D eigenvalue weighted by Gasteiger charge is -2.16. The molecule has 0 saturated heterocycles. The van der Waals surface area contributed by atoms with E-state index in [1.54, 1.807) is 17.3 Å². The van der Waals surface area contributed by atoms with Crippen LogP contribution < -0.4 is 5.32 Å². The van der Waals surface area contributed by atoms with Gasteiger partial charge in [0.25, 0.3) is 0 Å². The minimum Gasteiger partial charge on any atom is -0.346 e. The Labute approximate surface area is 103 Å². The average Bonchev–Trinajstić information content (AvgIpc) is 2.37. The van der Waals surface area contributed by atoms with Gasteiger partial charge in [-0.2, -0.15) is 0 Å². The number of aryl methyl sites for hydroxylation is 1. The predicted octanol–water partition coefficient (Wildman–Crippen LogP) is 1.08. The molecule has 0 fully saturated rings. The lowest BCUT2D eigenvalue weighted by atomic mass is 10.1. The van der Waals surface area contributed by atoms with E-state index in [-0.39, 0.29) is 5.91 Å². The van der Waals surface area contributed by atoms with Crippen molar-refractivity contribution in [3.05, 3.63) is 30.1 Å². The van der Waals surface area contributed by atoms with Crippen LogP contribution in [-0.2, 0) is 11.2 Å². The molecule has 0 unspecified atom stereocenters. The largest absolute Gasteiger partial charge is 0.346 e. The number of amides is 1. The number of hydrogen-bond donors (Lipinski definition) is 1. The van der Waals surface area contributed by atoms with Gasteiger partial charge in [0.05, 0.1) is 0 Å². The summed E-state index contributed by atoms with van der Waals surface area (Å²) in [6, 6.07) is 3.91. The van der Waals surface area contributed by atoms with Gasteiger partial charge in [-0.1, -0.05) is 0 Å². The van der Waals surface area contributed by atoms with Crippen LogP contribution in [0.3, 0.4) is 0 Å². The number of carbonyl (C=O) groups excluding carboxylic acids is 1. The maximum atomic E-state index is 11.8. The Kier molecular flexibility index (Phi) is 6.25. The smallest absolute Gasteiger partial charge is 0.222 e. The second-order valence-corrected chi connectivity index (χ2v) is 4.13. The minimum absolute atomic E-state index is 0.206. The number of nitrogens with one attached hydrogen (secondary N) is 1. The summed E-state index contributed by atoms with van der Waals surface area (Å²) in [5, 5.41) is 3.07. The molecule has 0 bridgehead atoms. The lowest BCUT2D eigenvalue weighted by Crippen LogP contribution is -2.29. The van der Waals surface area contributed by atoms with E-state index in [2.05, 4.69) is 10.3 Å². The molecule has 4 heteroatoms.